The highest BCUT2D eigenvalue weighted by Crippen LogP contribution is 2.33. The molecule has 7 heteroatoms. The van der Waals surface area contributed by atoms with E-state index in [1.807, 2.05) is 19.1 Å². The zero-order valence-corrected chi connectivity index (χ0v) is 15.2. The molecule has 0 saturated heterocycles. The Balaban J connectivity index is 1.76. The van der Waals surface area contributed by atoms with Crippen molar-refractivity contribution >= 4 is 5.95 Å². The smallest absolute Gasteiger partial charge is 0.220 e. The van der Waals surface area contributed by atoms with E-state index in [1.165, 1.54) is 12.1 Å². The molecule has 3 aromatic rings. The maximum Gasteiger partial charge on any atom is 0.220 e. The van der Waals surface area contributed by atoms with Crippen molar-refractivity contribution in [3.8, 4) is 17.1 Å². The lowest BCUT2D eigenvalue weighted by Gasteiger charge is -2.28. The van der Waals surface area contributed by atoms with Gasteiger partial charge in [-0.15, -0.1) is 0 Å². The molecule has 0 spiro atoms. The van der Waals surface area contributed by atoms with Gasteiger partial charge < -0.3 is 15.8 Å². The van der Waals surface area contributed by atoms with E-state index < -0.39 is 0 Å². The molecule has 4 rings (SSSR count). The summed E-state index contributed by atoms with van der Waals surface area (Å²) in [6.07, 6.45) is 0.644. The Morgan fingerprint density at radius 2 is 2.04 bits per heavy atom. The number of halogens is 1. The Morgan fingerprint density at radius 3 is 2.85 bits per heavy atom. The Bertz CT molecular complexity index is 1010. The summed E-state index contributed by atoms with van der Waals surface area (Å²) in [6, 6.07) is 10.2. The van der Waals surface area contributed by atoms with Gasteiger partial charge in [-0.1, -0.05) is 12.1 Å². The molecular formula is C20H20FN5O. The highest BCUT2D eigenvalue weighted by atomic mass is 19.1. The zero-order chi connectivity index (χ0) is 19.0. The molecular weight excluding hydrogens is 345 g/mol. The zero-order valence-electron chi connectivity index (χ0n) is 15.2. The normalized spacial score (nSPS) is 16.0. The number of nitrogen functional groups attached to an aromatic ring is 1. The molecule has 0 radical (unpaired) electrons. The van der Waals surface area contributed by atoms with Crippen LogP contribution in [0.1, 0.15) is 28.6 Å². The van der Waals surface area contributed by atoms with Gasteiger partial charge in [0, 0.05) is 41.9 Å². The lowest BCUT2D eigenvalue weighted by molar-refractivity contribution is 0.398. The van der Waals surface area contributed by atoms with Crippen LogP contribution in [0.3, 0.4) is 0 Å². The van der Waals surface area contributed by atoms with Crippen molar-refractivity contribution in [3.05, 3.63) is 64.7 Å². The summed E-state index contributed by atoms with van der Waals surface area (Å²) in [5.74, 6) is 0.457. The largest absolute Gasteiger partial charge is 0.481 e. The molecule has 0 amide bonds. The van der Waals surface area contributed by atoms with Crippen LogP contribution in [-0.2, 0) is 13.0 Å². The van der Waals surface area contributed by atoms with E-state index in [0.717, 1.165) is 28.1 Å². The van der Waals surface area contributed by atoms with Crippen LogP contribution in [0, 0.1) is 12.7 Å². The molecule has 3 heterocycles. The monoisotopic (exact) mass is 365 g/mol. The number of nitrogens with two attached hydrogens (primary N) is 1. The molecule has 1 aliphatic heterocycles. The molecule has 1 aliphatic rings. The standard InChI is InChI=1S/C20H20FN5O/c1-11-15-10-23-17(9-18(15)26-20(22)24-11)13-7-6-12(21)8-14(13)16-4-3-5-19(25-16)27-2/h3-8,17,23H,9-10H2,1-2H3,(H2,22,24,26). The quantitative estimate of drug-likeness (QED) is 0.742. The van der Waals surface area contributed by atoms with Crippen LogP contribution in [0.5, 0.6) is 5.88 Å². The van der Waals surface area contributed by atoms with E-state index in [0.29, 0.717) is 24.5 Å². The number of aryl methyl sites for hydroxylation is 1. The van der Waals surface area contributed by atoms with Crippen molar-refractivity contribution in [2.24, 2.45) is 0 Å². The summed E-state index contributed by atoms with van der Waals surface area (Å²) < 4.78 is 19.2. The van der Waals surface area contributed by atoms with Crippen molar-refractivity contribution < 1.29 is 9.13 Å². The number of ether oxygens (including phenoxy) is 1. The third-order valence-corrected chi connectivity index (χ3v) is 4.84. The molecule has 0 saturated carbocycles. The molecule has 0 fully saturated rings. The topological polar surface area (TPSA) is 86.0 Å². The second-order valence-corrected chi connectivity index (χ2v) is 6.53. The van der Waals surface area contributed by atoms with E-state index >= 15 is 0 Å². The SMILES string of the molecule is COc1cccc(-c2cc(F)ccc2C2Cc3nc(N)nc(C)c3CN2)n1. The van der Waals surface area contributed by atoms with Gasteiger partial charge >= 0.3 is 0 Å². The first-order valence-electron chi connectivity index (χ1n) is 8.71. The molecule has 1 unspecified atom stereocenters. The van der Waals surface area contributed by atoms with Gasteiger partial charge in [-0.05, 0) is 30.7 Å². The summed E-state index contributed by atoms with van der Waals surface area (Å²) in [5, 5.41) is 3.51. The molecule has 138 valence electrons. The van der Waals surface area contributed by atoms with Gasteiger partial charge in [0.05, 0.1) is 18.5 Å². The number of nitrogens with one attached hydrogen (secondary N) is 1. The predicted molar refractivity (Wildman–Crippen MR) is 101 cm³/mol. The van der Waals surface area contributed by atoms with Gasteiger partial charge in [-0.25, -0.2) is 19.3 Å². The van der Waals surface area contributed by atoms with Crippen LogP contribution >= 0.6 is 0 Å². The first kappa shape index (κ1) is 17.4. The number of rotatable bonds is 3. The van der Waals surface area contributed by atoms with Crippen molar-refractivity contribution in [2.45, 2.75) is 25.9 Å². The van der Waals surface area contributed by atoms with Crippen LogP contribution in [0.15, 0.2) is 36.4 Å². The van der Waals surface area contributed by atoms with Gasteiger partial charge in [0.1, 0.15) is 5.82 Å². The molecule has 1 aromatic carbocycles. The summed E-state index contributed by atoms with van der Waals surface area (Å²) in [5.41, 5.74) is 11.1. The minimum atomic E-state index is -0.308. The van der Waals surface area contributed by atoms with Crippen LogP contribution in [-0.4, -0.2) is 22.1 Å². The molecule has 0 aliphatic carbocycles. The third-order valence-electron chi connectivity index (χ3n) is 4.84. The summed E-state index contributed by atoms with van der Waals surface area (Å²) in [7, 11) is 1.56. The molecule has 27 heavy (non-hydrogen) atoms. The van der Waals surface area contributed by atoms with Crippen LogP contribution in [0.25, 0.3) is 11.3 Å². The predicted octanol–water partition coefficient (Wildman–Crippen LogP) is 2.96. The minimum absolute atomic E-state index is 0.0326. The number of nitrogens with zero attached hydrogens (tertiary/aromatic N) is 3. The second kappa shape index (κ2) is 6.92. The Hall–Kier alpha value is -3.06. The van der Waals surface area contributed by atoms with E-state index in [-0.39, 0.29) is 17.8 Å². The van der Waals surface area contributed by atoms with Crippen molar-refractivity contribution in [1.82, 2.24) is 20.3 Å². The minimum Gasteiger partial charge on any atom is -0.481 e. The number of pyridine rings is 1. The summed E-state index contributed by atoms with van der Waals surface area (Å²) in [4.78, 5) is 13.1. The van der Waals surface area contributed by atoms with Gasteiger partial charge in [-0.2, -0.15) is 0 Å². The fourth-order valence-electron chi connectivity index (χ4n) is 3.52. The van der Waals surface area contributed by atoms with Crippen molar-refractivity contribution in [1.29, 1.82) is 0 Å². The number of aromatic nitrogens is 3. The average molecular weight is 365 g/mol. The van der Waals surface area contributed by atoms with Crippen LogP contribution < -0.4 is 15.8 Å². The fraction of sp³-hybridized carbons (Fsp3) is 0.250. The van der Waals surface area contributed by atoms with Gasteiger partial charge in [0.2, 0.25) is 11.8 Å². The second-order valence-electron chi connectivity index (χ2n) is 6.53. The first-order chi connectivity index (χ1) is 13.0. The molecule has 3 N–H and O–H groups in total. The summed E-state index contributed by atoms with van der Waals surface area (Å²) >= 11 is 0. The Labute approximate surface area is 156 Å². The molecule has 2 aromatic heterocycles. The summed E-state index contributed by atoms with van der Waals surface area (Å²) in [6.45, 7) is 2.57. The highest BCUT2D eigenvalue weighted by Gasteiger charge is 2.25. The number of fused-ring (bicyclic) bond motifs is 1. The van der Waals surface area contributed by atoms with E-state index in [9.17, 15) is 4.39 Å². The lowest BCUT2D eigenvalue weighted by Crippen LogP contribution is -2.31. The van der Waals surface area contributed by atoms with Crippen LogP contribution in [0.2, 0.25) is 0 Å². The van der Waals surface area contributed by atoms with Gasteiger partial charge in [0.25, 0.3) is 0 Å². The maximum absolute atomic E-state index is 14.0. The number of anilines is 1. The van der Waals surface area contributed by atoms with Crippen molar-refractivity contribution in [3.63, 3.8) is 0 Å². The van der Waals surface area contributed by atoms with Gasteiger partial charge in [0.15, 0.2) is 0 Å². The first-order valence-corrected chi connectivity index (χ1v) is 8.71. The average Bonchev–Trinajstić information content (AvgIpc) is 2.67. The van der Waals surface area contributed by atoms with Crippen molar-refractivity contribution in [2.75, 3.05) is 12.8 Å². The van der Waals surface area contributed by atoms with E-state index in [4.69, 9.17) is 10.5 Å². The number of methoxy groups -OCH3 is 1. The molecule has 1 atom stereocenters. The Morgan fingerprint density at radius 1 is 1.19 bits per heavy atom. The number of benzene rings is 1. The number of hydrogen-bond acceptors (Lipinski definition) is 6. The third kappa shape index (κ3) is 3.33. The van der Waals surface area contributed by atoms with E-state index in [2.05, 4.69) is 20.3 Å². The van der Waals surface area contributed by atoms with Gasteiger partial charge in [-0.3, -0.25) is 0 Å². The van der Waals surface area contributed by atoms with Crippen LogP contribution in [0.4, 0.5) is 10.3 Å². The fourth-order valence-corrected chi connectivity index (χ4v) is 3.52. The van der Waals surface area contributed by atoms with E-state index in [1.54, 1.807) is 19.2 Å². The molecule has 6 nitrogen and oxygen atoms in total. The lowest BCUT2D eigenvalue weighted by atomic mass is 9.90. The highest BCUT2D eigenvalue weighted by molar-refractivity contribution is 5.65. The maximum atomic E-state index is 14.0. The Kier molecular flexibility index (Phi) is 4.45. The molecule has 0 bridgehead atoms. The number of hydrogen-bond donors (Lipinski definition) is 2.